The highest BCUT2D eigenvalue weighted by Crippen LogP contribution is 2.21. The number of amides is 2. The number of hydrogen-bond acceptors (Lipinski definition) is 6. The molecule has 2 rings (SSSR count). The molecule has 2 aromatic rings. The summed E-state index contributed by atoms with van der Waals surface area (Å²) in [5.74, 6) is -3.68. The van der Waals surface area contributed by atoms with Gasteiger partial charge >= 0.3 is 0 Å². The van der Waals surface area contributed by atoms with Crippen LogP contribution in [0.5, 0.6) is 0 Å². The van der Waals surface area contributed by atoms with Gasteiger partial charge in [0, 0.05) is 13.2 Å². The smallest absolute Gasteiger partial charge is 0.257 e. The maximum atomic E-state index is 14.1. The lowest BCUT2D eigenvalue weighted by molar-refractivity contribution is -0.130. The number of carbonyl (C=O) groups is 2. The van der Waals surface area contributed by atoms with Gasteiger partial charge in [0.15, 0.2) is 23.3 Å². The number of nitrogens with one attached hydrogen (secondary N) is 2. The van der Waals surface area contributed by atoms with Gasteiger partial charge in [-0.05, 0) is 42.8 Å². The number of nitrogens with zero attached hydrogens (tertiary/aromatic N) is 1. The molecule has 1 aromatic carbocycles. The predicted octanol–water partition coefficient (Wildman–Crippen LogP) is -0.998. The quantitative estimate of drug-likeness (QED) is 0.528. The van der Waals surface area contributed by atoms with Gasteiger partial charge < -0.3 is 15.7 Å². The number of halogens is 1. The molecule has 0 radical (unpaired) electrons. The number of aliphatic hydroxyl groups is 1. The Bertz CT molecular complexity index is 1010. The molecule has 1 aromatic heterocycles. The van der Waals surface area contributed by atoms with E-state index >= 15 is 0 Å². The van der Waals surface area contributed by atoms with Crippen LogP contribution in [0.2, 0.25) is 0 Å². The lowest BCUT2D eigenvalue weighted by atomic mass is 10.0. The van der Waals surface area contributed by atoms with Crippen molar-refractivity contribution in [3.63, 3.8) is 0 Å². The second kappa shape index (κ2) is 8.07. The summed E-state index contributed by atoms with van der Waals surface area (Å²) in [5, 5.41) is 15.0. The van der Waals surface area contributed by atoms with Crippen molar-refractivity contribution in [1.82, 2.24) is 10.3 Å². The Labute approximate surface area is 162 Å². The molecular formula is C17H19BFN3O5S. The van der Waals surface area contributed by atoms with Crippen molar-refractivity contribution in [3.8, 4) is 0 Å². The van der Waals surface area contributed by atoms with Crippen molar-refractivity contribution in [1.29, 1.82) is 0 Å². The average Bonchev–Trinajstić information content (AvgIpc) is 2.62. The number of aromatic nitrogens is 1. The number of hydrogen-bond donors (Lipinski definition) is 3. The molecule has 1 heterocycles. The highest BCUT2D eigenvalue weighted by Gasteiger charge is 2.37. The van der Waals surface area contributed by atoms with Gasteiger partial charge in [-0.15, -0.1) is 0 Å². The first-order valence-corrected chi connectivity index (χ1v) is 9.82. The van der Waals surface area contributed by atoms with Crippen LogP contribution in [0.1, 0.15) is 17.3 Å². The van der Waals surface area contributed by atoms with Gasteiger partial charge in [-0.3, -0.25) is 14.6 Å². The Morgan fingerprint density at radius 2 is 1.96 bits per heavy atom. The molecule has 1 atom stereocenters. The molecule has 0 spiro atoms. The maximum absolute atomic E-state index is 14.1. The van der Waals surface area contributed by atoms with Gasteiger partial charge in [0.1, 0.15) is 5.82 Å². The fourth-order valence-electron chi connectivity index (χ4n) is 2.33. The molecule has 8 nitrogen and oxygen atoms in total. The Balaban J connectivity index is 2.21. The second-order valence-electron chi connectivity index (χ2n) is 6.40. The number of anilines is 1. The van der Waals surface area contributed by atoms with Crippen molar-refractivity contribution >= 4 is 40.8 Å². The van der Waals surface area contributed by atoms with Crippen molar-refractivity contribution in [2.45, 2.75) is 17.4 Å². The normalized spacial score (nSPS) is 13.4. The van der Waals surface area contributed by atoms with E-state index in [1.54, 1.807) is 20.0 Å². The van der Waals surface area contributed by atoms with Crippen LogP contribution >= 0.6 is 0 Å². The van der Waals surface area contributed by atoms with Crippen molar-refractivity contribution in [2.75, 3.05) is 18.1 Å². The van der Waals surface area contributed by atoms with Gasteiger partial charge in [0.25, 0.3) is 11.8 Å². The molecule has 0 bridgehead atoms. The van der Waals surface area contributed by atoms with Gasteiger partial charge in [0.05, 0.1) is 21.9 Å². The summed E-state index contributed by atoms with van der Waals surface area (Å²) in [6, 6.07) is 5.93. The van der Waals surface area contributed by atoms with Crippen molar-refractivity contribution in [3.05, 3.63) is 47.9 Å². The average molecular weight is 407 g/mol. The first-order valence-electron chi connectivity index (χ1n) is 8.17. The van der Waals surface area contributed by atoms with Gasteiger partial charge in [-0.2, -0.15) is 0 Å². The highest BCUT2D eigenvalue weighted by molar-refractivity contribution is 7.91. The van der Waals surface area contributed by atoms with Crippen LogP contribution in [0.3, 0.4) is 0 Å². The minimum absolute atomic E-state index is 0.286. The van der Waals surface area contributed by atoms with E-state index in [-0.39, 0.29) is 11.3 Å². The first-order chi connectivity index (χ1) is 13.0. The van der Waals surface area contributed by atoms with E-state index < -0.39 is 43.7 Å². The Morgan fingerprint density at radius 1 is 1.29 bits per heavy atom. The number of benzene rings is 1. The highest BCUT2D eigenvalue weighted by atomic mass is 32.2. The maximum Gasteiger partial charge on any atom is 0.257 e. The van der Waals surface area contributed by atoms with E-state index in [1.807, 2.05) is 0 Å². The summed E-state index contributed by atoms with van der Waals surface area (Å²) in [6.45, 7) is 1.04. The van der Waals surface area contributed by atoms with Crippen LogP contribution in [0, 0.1) is 5.82 Å². The summed E-state index contributed by atoms with van der Waals surface area (Å²) in [7, 11) is -1.17. The lowest BCUT2D eigenvalue weighted by Gasteiger charge is -2.22. The fourth-order valence-corrected chi connectivity index (χ4v) is 3.93. The van der Waals surface area contributed by atoms with Crippen LogP contribution in [-0.2, 0) is 14.6 Å². The minimum atomic E-state index is -4.23. The second-order valence-corrected chi connectivity index (χ2v) is 8.39. The third-order valence-electron chi connectivity index (χ3n) is 3.90. The van der Waals surface area contributed by atoms with E-state index in [4.69, 9.17) is 0 Å². The van der Waals surface area contributed by atoms with Crippen LogP contribution < -0.4 is 16.2 Å². The van der Waals surface area contributed by atoms with E-state index in [0.29, 0.717) is 6.07 Å². The molecule has 11 heteroatoms. The number of carbonyl (C=O) groups excluding carboxylic acids is 2. The summed E-state index contributed by atoms with van der Waals surface area (Å²) >= 11 is 0. The third-order valence-corrected chi connectivity index (χ3v) is 5.82. The Kier molecular flexibility index (Phi) is 6.20. The largest absolute Gasteiger partial charge is 0.379 e. The zero-order chi connectivity index (χ0) is 21.1. The van der Waals surface area contributed by atoms with Crippen molar-refractivity contribution < 1.29 is 27.5 Å². The zero-order valence-corrected chi connectivity index (χ0v) is 16.3. The van der Waals surface area contributed by atoms with Crippen molar-refractivity contribution in [2.24, 2.45) is 0 Å². The van der Waals surface area contributed by atoms with Gasteiger partial charge in [0.2, 0.25) is 0 Å². The Hall–Kier alpha value is -2.79. The number of sulfone groups is 1. The summed E-state index contributed by atoms with van der Waals surface area (Å²) in [4.78, 5) is 27.3. The molecule has 0 aliphatic carbocycles. The van der Waals surface area contributed by atoms with Gasteiger partial charge in [-0.25, -0.2) is 12.8 Å². The topological polar surface area (TPSA) is 125 Å². The molecule has 0 unspecified atom stereocenters. The molecule has 0 saturated heterocycles. The number of pyridine rings is 1. The van der Waals surface area contributed by atoms with Crippen LogP contribution in [0.25, 0.3) is 0 Å². The molecule has 148 valence electrons. The number of rotatable bonds is 6. The van der Waals surface area contributed by atoms with Gasteiger partial charge in [-0.1, -0.05) is 0 Å². The summed E-state index contributed by atoms with van der Waals surface area (Å²) in [5.41, 5.74) is -1.61. The van der Waals surface area contributed by atoms with Crippen LogP contribution in [-0.4, -0.2) is 56.6 Å². The predicted molar refractivity (Wildman–Crippen MR) is 104 cm³/mol. The first kappa shape index (κ1) is 21.5. The molecular weight excluding hydrogens is 388 g/mol. The molecule has 2 amide bonds. The standard InChI is InChI=1S/C17H19BFN3O5S/c1-17(25,16(24)22-10-3-6-14(18)21-8-10)9-28(26,27)11-4-5-12(13(19)7-11)15(23)20-2/h3-8,25H,9,18H2,1-2H3,(H,20,23)(H,22,24)/t17-/m0/s1. The van der Waals surface area contributed by atoms with E-state index in [1.165, 1.54) is 13.2 Å². The molecule has 28 heavy (non-hydrogen) atoms. The third kappa shape index (κ3) is 4.93. The molecule has 0 aliphatic rings. The molecule has 0 saturated carbocycles. The zero-order valence-electron chi connectivity index (χ0n) is 15.5. The molecule has 3 N–H and O–H groups in total. The van der Waals surface area contributed by atoms with E-state index in [2.05, 4.69) is 15.6 Å². The van der Waals surface area contributed by atoms with E-state index in [9.17, 15) is 27.5 Å². The Morgan fingerprint density at radius 3 is 2.50 bits per heavy atom. The minimum Gasteiger partial charge on any atom is -0.379 e. The lowest BCUT2D eigenvalue weighted by Crippen LogP contribution is -2.45. The van der Waals surface area contributed by atoms with E-state index in [0.717, 1.165) is 24.6 Å². The molecule has 0 fully saturated rings. The molecule has 0 aliphatic heterocycles. The summed E-state index contributed by atoms with van der Waals surface area (Å²) in [6.07, 6.45) is 1.37. The monoisotopic (exact) mass is 407 g/mol. The fraction of sp³-hybridized carbons (Fsp3) is 0.235. The van der Waals surface area contributed by atoms with Crippen LogP contribution in [0.4, 0.5) is 10.1 Å². The SMILES string of the molecule is Bc1ccc(NC(=O)[C@@](C)(O)CS(=O)(=O)c2ccc(C(=O)NC)c(F)c2)cn1. The van der Waals surface area contributed by atoms with Crippen LogP contribution in [0.15, 0.2) is 41.4 Å². The summed E-state index contributed by atoms with van der Waals surface area (Å²) < 4.78 is 39.1.